The minimum atomic E-state index is -0.817. The lowest BCUT2D eigenvalue weighted by Gasteiger charge is -2.48. The number of carbonyl (C=O) groups excluding carboxylic acids is 3. The van der Waals surface area contributed by atoms with Crippen LogP contribution in [0.3, 0.4) is 0 Å². The van der Waals surface area contributed by atoms with Crippen LogP contribution in [0.25, 0.3) is 0 Å². The fraction of sp³-hybridized carbons (Fsp3) is 0.583. The van der Waals surface area contributed by atoms with Gasteiger partial charge in [-0.05, 0) is 94.0 Å². The van der Waals surface area contributed by atoms with Gasteiger partial charge in [0.15, 0.2) is 0 Å². The fourth-order valence-corrected chi connectivity index (χ4v) is 7.71. The van der Waals surface area contributed by atoms with Crippen molar-refractivity contribution in [3.8, 4) is 0 Å². The van der Waals surface area contributed by atoms with E-state index in [1.165, 1.54) is 18.6 Å². The molecule has 1 saturated heterocycles. The molecule has 2 fully saturated rings. The molecule has 44 heavy (non-hydrogen) atoms. The molecule has 5 rings (SSSR count). The van der Waals surface area contributed by atoms with Crippen molar-refractivity contribution in [2.45, 2.75) is 103 Å². The van der Waals surface area contributed by atoms with Crippen LogP contribution in [0.15, 0.2) is 48.5 Å². The van der Waals surface area contributed by atoms with E-state index in [0.29, 0.717) is 38.3 Å². The van der Waals surface area contributed by atoms with Gasteiger partial charge in [-0.3, -0.25) is 14.4 Å². The van der Waals surface area contributed by atoms with E-state index in [-0.39, 0.29) is 35.5 Å². The summed E-state index contributed by atoms with van der Waals surface area (Å²) in [6.07, 6.45) is 8.38. The molecule has 4 N–H and O–H groups in total. The Morgan fingerprint density at radius 3 is 2.30 bits per heavy atom. The molecule has 0 bridgehead atoms. The summed E-state index contributed by atoms with van der Waals surface area (Å²) >= 11 is 0. The fourth-order valence-electron chi connectivity index (χ4n) is 7.71. The zero-order valence-corrected chi connectivity index (χ0v) is 26.5. The van der Waals surface area contributed by atoms with Crippen molar-refractivity contribution < 1.29 is 18.8 Å². The van der Waals surface area contributed by atoms with Gasteiger partial charge in [-0.25, -0.2) is 4.39 Å². The quantitative estimate of drug-likeness (QED) is 0.403. The number of likely N-dealkylation sites (tertiary alicyclic amines) is 1. The van der Waals surface area contributed by atoms with E-state index in [2.05, 4.69) is 16.7 Å². The van der Waals surface area contributed by atoms with Gasteiger partial charge in [0.25, 0.3) is 0 Å². The lowest BCUT2D eigenvalue weighted by Crippen LogP contribution is -2.59. The van der Waals surface area contributed by atoms with Crippen LogP contribution in [0.2, 0.25) is 0 Å². The number of nitrogens with one attached hydrogen (secondary N) is 2. The Balaban J connectivity index is 1.33. The van der Waals surface area contributed by atoms with Crippen LogP contribution >= 0.6 is 0 Å². The maximum atomic E-state index is 14.2. The Bertz CT molecular complexity index is 1320. The van der Waals surface area contributed by atoms with Crippen molar-refractivity contribution in [1.29, 1.82) is 0 Å². The molecule has 1 heterocycles. The number of fused-ring (bicyclic) bond motifs is 1. The van der Waals surface area contributed by atoms with Gasteiger partial charge >= 0.3 is 0 Å². The average Bonchev–Trinajstić information content (AvgIpc) is 3.01. The number of aryl methyl sites for hydroxylation is 1. The molecule has 238 valence electrons. The number of amides is 3. The molecule has 1 saturated carbocycles. The largest absolute Gasteiger partial charge is 0.351 e. The first-order valence-corrected chi connectivity index (χ1v) is 16.5. The number of nitrogens with two attached hydrogens (primary N) is 1. The summed E-state index contributed by atoms with van der Waals surface area (Å²) in [5.74, 6) is -0.787. The van der Waals surface area contributed by atoms with Gasteiger partial charge in [0, 0.05) is 31.1 Å². The van der Waals surface area contributed by atoms with Crippen molar-refractivity contribution in [2.75, 3.05) is 13.1 Å². The van der Waals surface area contributed by atoms with Crippen molar-refractivity contribution in [3.63, 3.8) is 0 Å². The molecule has 2 aromatic carbocycles. The highest BCUT2D eigenvalue weighted by Gasteiger charge is 2.49. The third kappa shape index (κ3) is 7.17. The number of carbonyl (C=O) groups is 3. The van der Waals surface area contributed by atoms with Gasteiger partial charge < -0.3 is 21.3 Å². The molecular formula is C36H49FN4O3. The monoisotopic (exact) mass is 604 g/mol. The third-order valence-electron chi connectivity index (χ3n) is 10.2. The highest BCUT2D eigenvalue weighted by molar-refractivity contribution is 5.90. The first-order chi connectivity index (χ1) is 21.0. The van der Waals surface area contributed by atoms with Gasteiger partial charge in [-0.1, -0.05) is 55.7 Å². The highest BCUT2D eigenvalue weighted by Crippen LogP contribution is 2.46. The van der Waals surface area contributed by atoms with E-state index in [1.807, 2.05) is 43.9 Å². The molecule has 0 spiro atoms. The zero-order chi connectivity index (χ0) is 31.5. The molecule has 1 unspecified atom stereocenters. The van der Waals surface area contributed by atoms with Crippen LogP contribution in [0.5, 0.6) is 0 Å². The van der Waals surface area contributed by atoms with Crippen molar-refractivity contribution in [2.24, 2.45) is 23.0 Å². The topological polar surface area (TPSA) is 105 Å². The second kappa shape index (κ2) is 13.4. The van der Waals surface area contributed by atoms with E-state index in [0.717, 1.165) is 48.8 Å². The Labute approximate surface area is 261 Å². The van der Waals surface area contributed by atoms with Crippen LogP contribution in [-0.2, 0) is 27.2 Å². The van der Waals surface area contributed by atoms with Crippen LogP contribution in [0.4, 0.5) is 4.39 Å². The number of nitrogens with zero attached hydrogens (tertiary/aromatic N) is 1. The van der Waals surface area contributed by atoms with Crippen molar-refractivity contribution in [3.05, 3.63) is 71.0 Å². The van der Waals surface area contributed by atoms with Crippen LogP contribution in [0.1, 0.15) is 94.9 Å². The minimum Gasteiger partial charge on any atom is -0.351 e. The number of hydrogen-bond donors (Lipinski definition) is 3. The predicted octanol–water partition coefficient (Wildman–Crippen LogP) is 5.22. The summed E-state index contributed by atoms with van der Waals surface area (Å²) in [7, 11) is 0. The van der Waals surface area contributed by atoms with Gasteiger partial charge in [0.05, 0.1) is 11.3 Å². The maximum Gasteiger partial charge on any atom is 0.245 e. The Kier molecular flexibility index (Phi) is 9.78. The van der Waals surface area contributed by atoms with E-state index >= 15 is 0 Å². The number of benzene rings is 2. The predicted molar refractivity (Wildman–Crippen MR) is 170 cm³/mol. The van der Waals surface area contributed by atoms with E-state index in [4.69, 9.17) is 5.73 Å². The van der Waals surface area contributed by atoms with Crippen LogP contribution in [0, 0.1) is 23.1 Å². The first-order valence-electron chi connectivity index (χ1n) is 16.5. The maximum absolute atomic E-state index is 14.2. The Morgan fingerprint density at radius 2 is 1.64 bits per heavy atom. The van der Waals surface area contributed by atoms with E-state index < -0.39 is 23.4 Å². The molecule has 7 nitrogen and oxygen atoms in total. The molecule has 3 atom stereocenters. The molecule has 2 aromatic rings. The zero-order valence-electron chi connectivity index (χ0n) is 26.5. The molecule has 2 aliphatic carbocycles. The summed E-state index contributed by atoms with van der Waals surface area (Å²) in [4.78, 5) is 43.5. The highest BCUT2D eigenvalue weighted by atomic mass is 19.1. The minimum absolute atomic E-state index is 0.103. The molecule has 3 amide bonds. The lowest BCUT2D eigenvalue weighted by molar-refractivity contribution is -0.147. The molecule has 8 heteroatoms. The summed E-state index contributed by atoms with van der Waals surface area (Å²) in [5.41, 5.74) is 8.66. The number of hydrogen-bond acceptors (Lipinski definition) is 4. The molecule has 1 aliphatic heterocycles. The molecular weight excluding hydrogens is 555 g/mol. The summed E-state index contributed by atoms with van der Waals surface area (Å²) in [6.45, 7) is 6.95. The van der Waals surface area contributed by atoms with Crippen molar-refractivity contribution >= 4 is 17.7 Å². The average molecular weight is 605 g/mol. The summed E-state index contributed by atoms with van der Waals surface area (Å²) in [6, 6.07) is 12.7. The number of rotatable bonds is 7. The second-order valence-corrected chi connectivity index (χ2v) is 14.3. The first kappa shape index (κ1) is 32.1. The lowest BCUT2D eigenvalue weighted by atomic mass is 9.63. The van der Waals surface area contributed by atoms with Gasteiger partial charge in [0.1, 0.15) is 11.9 Å². The normalized spacial score (nSPS) is 22.9. The number of piperidine rings is 1. The SMILES string of the molecule is CC(C)(C)NC(=O)C1(C2CCCCC2)CCN(C(=O)[C@@H](Cc2ccc(F)cc2)NC(=O)C2CCc3ccccc3[C@@H]2N)CC1. The third-order valence-corrected chi connectivity index (χ3v) is 10.2. The van der Waals surface area contributed by atoms with Gasteiger partial charge in [0.2, 0.25) is 17.7 Å². The van der Waals surface area contributed by atoms with Gasteiger partial charge in [-0.2, -0.15) is 0 Å². The van der Waals surface area contributed by atoms with E-state index in [1.54, 1.807) is 12.1 Å². The second-order valence-electron chi connectivity index (χ2n) is 14.3. The standard InChI is InChI=1S/C36H49FN4O3/c1-35(2,3)40-34(44)36(26-10-5-4-6-11-26)19-21-41(22-20-36)33(43)30(23-24-13-16-27(37)17-14-24)39-32(42)29-18-15-25-9-7-8-12-28(25)31(29)38/h7-9,12-14,16-17,26,29-31H,4-6,10-11,15,18-23,38H2,1-3H3,(H,39,42)(H,40,44)/t29?,30-,31+/m1/s1. The van der Waals surface area contributed by atoms with Crippen LogP contribution < -0.4 is 16.4 Å². The summed E-state index contributed by atoms with van der Waals surface area (Å²) in [5, 5.41) is 6.33. The Hall–Kier alpha value is -3.26. The smallest absolute Gasteiger partial charge is 0.245 e. The molecule has 3 aliphatic rings. The van der Waals surface area contributed by atoms with Gasteiger partial charge in [-0.15, -0.1) is 0 Å². The van der Waals surface area contributed by atoms with Crippen molar-refractivity contribution in [1.82, 2.24) is 15.5 Å². The Morgan fingerprint density at radius 1 is 0.977 bits per heavy atom. The summed E-state index contributed by atoms with van der Waals surface area (Å²) < 4.78 is 13.7. The van der Waals surface area contributed by atoms with Crippen LogP contribution in [-0.4, -0.2) is 47.3 Å². The van der Waals surface area contributed by atoms with E-state index in [9.17, 15) is 18.8 Å². The molecule has 0 radical (unpaired) electrons. The number of halogens is 1. The molecule has 0 aromatic heterocycles.